The van der Waals surface area contributed by atoms with Crippen molar-refractivity contribution in [3.8, 4) is 5.75 Å². The van der Waals surface area contributed by atoms with Crippen LogP contribution in [0.3, 0.4) is 0 Å². The van der Waals surface area contributed by atoms with E-state index in [4.69, 9.17) is 9.15 Å². The Labute approximate surface area is 179 Å². The first-order valence-electron chi connectivity index (χ1n) is 10.6. The second-order valence-corrected chi connectivity index (χ2v) is 7.03. The van der Waals surface area contributed by atoms with E-state index in [2.05, 4.69) is 33.1 Å². The van der Waals surface area contributed by atoms with Gasteiger partial charge in [-0.15, -0.1) is 0 Å². The second-order valence-electron chi connectivity index (χ2n) is 7.03. The summed E-state index contributed by atoms with van der Waals surface area (Å²) in [5.41, 5.74) is 2.17. The van der Waals surface area contributed by atoms with E-state index in [0.29, 0.717) is 18.8 Å². The molecule has 30 heavy (non-hydrogen) atoms. The van der Waals surface area contributed by atoms with Crippen molar-refractivity contribution in [2.75, 3.05) is 33.3 Å². The molecule has 0 spiro atoms. The zero-order chi connectivity index (χ0) is 21.6. The summed E-state index contributed by atoms with van der Waals surface area (Å²) in [6.07, 6.45) is 5.51. The molecule has 0 fully saturated rings. The number of nitrogens with zero attached hydrogens (tertiary/aromatic N) is 1. The standard InChI is InChI=1S/C23H34N4O3/c1-4-24-23(26-14-6-5-8-19-9-11-20(29-3)12-10-19)27-16-7-15-25-22(28)21-18(2)13-17-30-21/h9-13,17H,4-8,14-16H2,1-3H3,(H,25,28)(H2,24,26,27). The third-order valence-corrected chi connectivity index (χ3v) is 4.65. The van der Waals surface area contributed by atoms with E-state index in [1.807, 2.05) is 26.0 Å². The Bertz CT molecular complexity index is 784. The van der Waals surface area contributed by atoms with Gasteiger partial charge in [0.15, 0.2) is 11.7 Å². The SMILES string of the molecule is CCNC(=NCCCNC(=O)c1occc1C)NCCCCc1ccc(OC)cc1. The van der Waals surface area contributed by atoms with Gasteiger partial charge in [-0.2, -0.15) is 0 Å². The monoisotopic (exact) mass is 414 g/mol. The van der Waals surface area contributed by atoms with Crippen LogP contribution in [0.15, 0.2) is 46.0 Å². The molecule has 0 aliphatic heterocycles. The smallest absolute Gasteiger partial charge is 0.287 e. The number of hydrogen-bond donors (Lipinski definition) is 3. The number of rotatable bonds is 12. The molecule has 164 valence electrons. The van der Waals surface area contributed by atoms with E-state index in [0.717, 1.165) is 56.0 Å². The number of guanidine groups is 1. The highest BCUT2D eigenvalue weighted by atomic mass is 16.5. The highest BCUT2D eigenvalue weighted by molar-refractivity contribution is 5.92. The van der Waals surface area contributed by atoms with Crippen LogP contribution in [-0.2, 0) is 6.42 Å². The third kappa shape index (κ3) is 8.19. The molecule has 3 N–H and O–H groups in total. The van der Waals surface area contributed by atoms with Crippen LogP contribution in [0.2, 0.25) is 0 Å². The van der Waals surface area contributed by atoms with Crippen LogP contribution in [-0.4, -0.2) is 45.2 Å². The van der Waals surface area contributed by atoms with E-state index < -0.39 is 0 Å². The fourth-order valence-corrected chi connectivity index (χ4v) is 2.95. The number of amides is 1. The third-order valence-electron chi connectivity index (χ3n) is 4.65. The normalized spacial score (nSPS) is 11.2. The summed E-state index contributed by atoms with van der Waals surface area (Å²) in [7, 11) is 1.68. The van der Waals surface area contributed by atoms with Crippen molar-refractivity contribution < 1.29 is 13.9 Å². The topological polar surface area (TPSA) is 87.9 Å². The van der Waals surface area contributed by atoms with Crippen molar-refractivity contribution in [2.24, 2.45) is 4.99 Å². The highest BCUT2D eigenvalue weighted by Gasteiger charge is 2.11. The van der Waals surface area contributed by atoms with Crippen molar-refractivity contribution >= 4 is 11.9 Å². The largest absolute Gasteiger partial charge is 0.497 e. The van der Waals surface area contributed by atoms with Gasteiger partial charge in [-0.25, -0.2) is 0 Å². The summed E-state index contributed by atoms with van der Waals surface area (Å²) >= 11 is 0. The van der Waals surface area contributed by atoms with E-state index in [1.54, 1.807) is 13.2 Å². The number of aliphatic imine (C=N–C) groups is 1. The molecule has 1 aromatic heterocycles. The zero-order valence-electron chi connectivity index (χ0n) is 18.3. The number of carbonyl (C=O) groups excluding carboxylic acids is 1. The molecule has 0 aliphatic rings. The van der Waals surface area contributed by atoms with Crippen LogP contribution >= 0.6 is 0 Å². The van der Waals surface area contributed by atoms with Crippen molar-refractivity contribution in [1.82, 2.24) is 16.0 Å². The Morgan fingerprint density at radius 2 is 1.80 bits per heavy atom. The van der Waals surface area contributed by atoms with Crippen LogP contribution in [0.25, 0.3) is 0 Å². The Kier molecular flexibility index (Phi) is 10.3. The van der Waals surface area contributed by atoms with Crippen molar-refractivity contribution in [3.63, 3.8) is 0 Å². The van der Waals surface area contributed by atoms with Gasteiger partial charge in [0.1, 0.15) is 5.75 Å². The lowest BCUT2D eigenvalue weighted by Crippen LogP contribution is -2.38. The minimum atomic E-state index is -0.177. The lowest BCUT2D eigenvalue weighted by molar-refractivity contribution is 0.0925. The molecule has 7 heteroatoms. The van der Waals surface area contributed by atoms with Crippen LogP contribution in [0.4, 0.5) is 0 Å². The zero-order valence-corrected chi connectivity index (χ0v) is 18.3. The number of furan rings is 1. The van der Waals surface area contributed by atoms with Gasteiger partial charge >= 0.3 is 0 Å². The molecule has 1 heterocycles. The number of nitrogens with one attached hydrogen (secondary N) is 3. The van der Waals surface area contributed by atoms with Gasteiger partial charge in [-0.3, -0.25) is 9.79 Å². The summed E-state index contributed by atoms with van der Waals surface area (Å²) in [6.45, 7) is 6.78. The van der Waals surface area contributed by atoms with Gasteiger partial charge in [-0.1, -0.05) is 12.1 Å². The first-order chi connectivity index (χ1) is 14.6. The second kappa shape index (κ2) is 13.3. The molecule has 7 nitrogen and oxygen atoms in total. The summed E-state index contributed by atoms with van der Waals surface area (Å²) in [5, 5.41) is 9.49. The van der Waals surface area contributed by atoms with Gasteiger partial charge < -0.3 is 25.1 Å². The maximum absolute atomic E-state index is 12.0. The first kappa shape index (κ1) is 23.3. The van der Waals surface area contributed by atoms with Crippen molar-refractivity contribution in [1.29, 1.82) is 0 Å². The maximum Gasteiger partial charge on any atom is 0.287 e. The van der Waals surface area contributed by atoms with Gasteiger partial charge in [0, 0.05) is 31.7 Å². The molecule has 0 saturated carbocycles. The van der Waals surface area contributed by atoms with E-state index in [-0.39, 0.29) is 5.91 Å². The van der Waals surface area contributed by atoms with Gasteiger partial charge in [0.2, 0.25) is 0 Å². The van der Waals surface area contributed by atoms with Crippen LogP contribution in [0, 0.1) is 6.92 Å². The fourth-order valence-electron chi connectivity index (χ4n) is 2.95. The molecule has 2 aromatic rings. The number of carbonyl (C=O) groups is 1. The molecule has 1 amide bonds. The summed E-state index contributed by atoms with van der Waals surface area (Å²) < 4.78 is 10.4. The predicted octanol–water partition coefficient (Wildman–Crippen LogP) is 3.29. The molecule has 1 aromatic carbocycles. The average molecular weight is 415 g/mol. The number of ether oxygens (including phenoxy) is 1. The van der Waals surface area contributed by atoms with Crippen LogP contribution in [0.5, 0.6) is 5.75 Å². The number of benzene rings is 1. The molecule has 0 bridgehead atoms. The fraction of sp³-hybridized carbons (Fsp3) is 0.478. The minimum Gasteiger partial charge on any atom is -0.497 e. The van der Waals surface area contributed by atoms with Crippen LogP contribution < -0.4 is 20.7 Å². The summed E-state index contributed by atoms with van der Waals surface area (Å²) in [4.78, 5) is 16.6. The first-order valence-corrected chi connectivity index (χ1v) is 10.6. The van der Waals surface area contributed by atoms with Gasteiger partial charge in [0.05, 0.1) is 13.4 Å². The lowest BCUT2D eigenvalue weighted by Gasteiger charge is -2.11. The van der Waals surface area contributed by atoms with E-state index in [9.17, 15) is 4.79 Å². The summed E-state index contributed by atoms with van der Waals surface area (Å²) in [6, 6.07) is 10.0. The molecular weight excluding hydrogens is 380 g/mol. The minimum absolute atomic E-state index is 0.177. The van der Waals surface area contributed by atoms with Crippen molar-refractivity contribution in [2.45, 2.75) is 39.5 Å². The number of aryl methyl sites for hydroxylation is 2. The highest BCUT2D eigenvalue weighted by Crippen LogP contribution is 2.13. The quantitative estimate of drug-likeness (QED) is 0.282. The number of hydrogen-bond acceptors (Lipinski definition) is 4. The maximum atomic E-state index is 12.0. The Morgan fingerprint density at radius 3 is 2.47 bits per heavy atom. The molecule has 2 rings (SSSR count). The molecule has 0 saturated heterocycles. The van der Waals surface area contributed by atoms with E-state index in [1.165, 1.54) is 11.8 Å². The Morgan fingerprint density at radius 1 is 1.03 bits per heavy atom. The molecule has 0 radical (unpaired) electrons. The molecular formula is C23H34N4O3. The Balaban J connectivity index is 1.61. The van der Waals surface area contributed by atoms with Gasteiger partial charge in [0.25, 0.3) is 5.91 Å². The Hall–Kier alpha value is -2.96. The lowest BCUT2D eigenvalue weighted by atomic mass is 10.1. The molecule has 0 aliphatic carbocycles. The summed E-state index contributed by atoms with van der Waals surface area (Å²) in [5.74, 6) is 1.91. The van der Waals surface area contributed by atoms with Crippen molar-refractivity contribution in [3.05, 3.63) is 53.5 Å². The number of unbranched alkanes of at least 4 members (excludes halogenated alkanes) is 1. The van der Waals surface area contributed by atoms with Gasteiger partial charge in [-0.05, 0) is 63.3 Å². The number of methoxy groups -OCH3 is 1. The van der Waals surface area contributed by atoms with Crippen LogP contribution in [0.1, 0.15) is 47.9 Å². The molecule has 0 atom stereocenters. The molecule has 0 unspecified atom stereocenters. The average Bonchev–Trinajstić information content (AvgIpc) is 3.19. The van der Waals surface area contributed by atoms with E-state index >= 15 is 0 Å². The predicted molar refractivity (Wildman–Crippen MR) is 120 cm³/mol.